The molecule has 7 rings (SSSR count). The number of aryl methyl sites for hydroxylation is 2. The van der Waals surface area contributed by atoms with E-state index in [9.17, 15) is 0 Å². The fraction of sp³-hybridized carbons (Fsp3) is 0.167. The Kier molecular flexibility index (Phi) is 5.72. The molecule has 0 bridgehead atoms. The molecular weight excluding hydrogens is 504 g/mol. The molecule has 0 unspecified atom stereocenters. The number of benzene rings is 4. The summed E-state index contributed by atoms with van der Waals surface area (Å²) < 4.78 is 10.8. The molecule has 0 radical (unpaired) electrons. The Bertz CT molecular complexity index is 2090. The molecule has 5 heteroatoms. The molecule has 0 amide bonds. The summed E-state index contributed by atoms with van der Waals surface area (Å²) in [6.07, 6.45) is 3.79. The molecule has 41 heavy (non-hydrogen) atoms. The Hall–Kier alpha value is -4.90. The number of hydrogen-bond acceptors (Lipinski definition) is 3. The highest BCUT2D eigenvalue weighted by atomic mass is 16.5. The van der Waals surface area contributed by atoms with Gasteiger partial charge in [-0.25, -0.2) is 9.97 Å². The van der Waals surface area contributed by atoms with Crippen molar-refractivity contribution in [1.29, 1.82) is 0 Å². The number of nitrogens with zero attached hydrogens (tertiary/aromatic N) is 4. The van der Waals surface area contributed by atoms with Gasteiger partial charge in [-0.2, -0.15) is 0 Å². The molecule has 0 aliphatic rings. The predicted molar refractivity (Wildman–Crippen MR) is 168 cm³/mol. The van der Waals surface area contributed by atoms with Crippen molar-refractivity contribution in [3.8, 4) is 23.0 Å². The van der Waals surface area contributed by atoms with Gasteiger partial charge in [-0.05, 0) is 90.6 Å². The number of fused-ring (bicyclic) bond motifs is 4. The average Bonchev–Trinajstić information content (AvgIpc) is 3.51. The fourth-order valence-corrected chi connectivity index (χ4v) is 5.57. The minimum absolute atomic E-state index is 0.0217. The third-order valence-electron chi connectivity index (χ3n) is 7.98. The predicted octanol–water partition coefficient (Wildman–Crippen LogP) is 9.22. The standard InChI is InChI=1S/C36H32N4O/c1-23-17-31-34(18-24(23)2)39(22-38-31)26-9-8-10-27(20-26)41-28-13-14-30-29-11-6-7-12-32(29)40(33(30)21-28)35-19-25(15-16-37-35)36(3,4)5/h6-22H,1-5H3. The van der Waals surface area contributed by atoms with E-state index in [2.05, 4.69) is 122 Å². The molecule has 7 aromatic rings. The zero-order valence-electron chi connectivity index (χ0n) is 24.0. The van der Waals surface area contributed by atoms with Crippen LogP contribution in [0, 0.1) is 13.8 Å². The van der Waals surface area contributed by atoms with Crippen molar-refractivity contribution in [3.63, 3.8) is 0 Å². The molecule has 4 aromatic carbocycles. The van der Waals surface area contributed by atoms with E-state index in [4.69, 9.17) is 9.72 Å². The Morgan fingerprint density at radius 1 is 0.659 bits per heavy atom. The Balaban J connectivity index is 1.32. The number of para-hydroxylation sites is 1. The molecule has 0 aliphatic heterocycles. The van der Waals surface area contributed by atoms with Crippen LogP contribution >= 0.6 is 0 Å². The molecule has 3 aromatic heterocycles. The summed E-state index contributed by atoms with van der Waals surface area (Å²) in [7, 11) is 0. The molecule has 0 saturated heterocycles. The van der Waals surface area contributed by atoms with Crippen molar-refractivity contribution in [2.45, 2.75) is 40.0 Å². The van der Waals surface area contributed by atoms with E-state index in [1.54, 1.807) is 0 Å². The van der Waals surface area contributed by atoms with Crippen LogP contribution in [0.3, 0.4) is 0 Å². The van der Waals surface area contributed by atoms with Gasteiger partial charge in [-0.3, -0.25) is 9.13 Å². The van der Waals surface area contributed by atoms with Gasteiger partial charge in [0.05, 0.1) is 27.8 Å². The van der Waals surface area contributed by atoms with Gasteiger partial charge >= 0.3 is 0 Å². The van der Waals surface area contributed by atoms with Gasteiger partial charge in [0.1, 0.15) is 23.6 Å². The highest BCUT2D eigenvalue weighted by molar-refractivity contribution is 6.09. The van der Waals surface area contributed by atoms with E-state index in [0.29, 0.717) is 0 Å². The first-order valence-electron chi connectivity index (χ1n) is 14.0. The van der Waals surface area contributed by atoms with Crippen LogP contribution in [0.4, 0.5) is 0 Å². The third-order valence-corrected chi connectivity index (χ3v) is 7.98. The largest absolute Gasteiger partial charge is 0.457 e. The van der Waals surface area contributed by atoms with E-state index in [1.807, 2.05) is 30.7 Å². The Morgan fingerprint density at radius 2 is 1.44 bits per heavy atom. The third kappa shape index (κ3) is 4.34. The monoisotopic (exact) mass is 536 g/mol. The number of aromatic nitrogens is 4. The first-order valence-corrected chi connectivity index (χ1v) is 14.0. The minimum atomic E-state index is 0.0217. The van der Waals surface area contributed by atoms with E-state index < -0.39 is 0 Å². The van der Waals surface area contributed by atoms with Gasteiger partial charge in [0.15, 0.2) is 0 Å². The van der Waals surface area contributed by atoms with E-state index >= 15 is 0 Å². The molecule has 3 heterocycles. The van der Waals surface area contributed by atoms with E-state index in [1.165, 1.54) is 27.5 Å². The summed E-state index contributed by atoms with van der Waals surface area (Å²) in [6, 6.07) is 31.6. The second kappa shape index (κ2) is 9.34. The second-order valence-corrected chi connectivity index (χ2v) is 11.8. The van der Waals surface area contributed by atoms with Crippen LogP contribution in [0.15, 0.2) is 104 Å². The van der Waals surface area contributed by atoms with Crippen molar-refractivity contribution in [3.05, 3.63) is 120 Å². The minimum Gasteiger partial charge on any atom is -0.457 e. The number of ether oxygens (including phenoxy) is 1. The molecule has 0 N–H and O–H groups in total. The first-order chi connectivity index (χ1) is 19.8. The van der Waals surface area contributed by atoms with Crippen LogP contribution in [0.1, 0.15) is 37.5 Å². The van der Waals surface area contributed by atoms with Crippen molar-refractivity contribution in [2.75, 3.05) is 0 Å². The first kappa shape index (κ1) is 25.1. The summed E-state index contributed by atoms with van der Waals surface area (Å²) in [4.78, 5) is 9.44. The van der Waals surface area contributed by atoms with Crippen LogP contribution < -0.4 is 4.74 Å². The van der Waals surface area contributed by atoms with Crippen LogP contribution in [-0.4, -0.2) is 19.1 Å². The molecule has 5 nitrogen and oxygen atoms in total. The fourth-order valence-electron chi connectivity index (χ4n) is 5.57. The van der Waals surface area contributed by atoms with Crippen LogP contribution in [0.2, 0.25) is 0 Å². The van der Waals surface area contributed by atoms with Crippen molar-refractivity contribution in [1.82, 2.24) is 19.1 Å². The van der Waals surface area contributed by atoms with Gasteiger partial charge in [0.2, 0.25) is 0 Å². The van der Waals surface area contributed by atoms with Gasteiger partial charge in [0, 0.05) is 29.1 Å². The molecule has 0 spiro atoms. The maximum Gasteiger partial charge on any atom is 0.137 e. The Labute approximate surface area is 239 Å². The molecule has 202 valence electrons. The van der Waals surface area contributed by atoms with Crippen LogP contribution in [0.25, 0.3) is 44.3 Å². The molecular formula is C36H32N4O. The number of imidazole rings is 1. The molecule has 0 saturated carbocycles. The molecule has 0 fully saturated rings. The SMILES string of the molecule is Cc1cc2ncn(-c3cccc(Oc4ccc5c6ccccc6n(-c6cc(C(C)(C)C)ccn6)c5c4)c3)c2cc1C. The zero-order valence-corrected chi connectivity index (χ0v) is 24.0. The lowest BCUT2D eigenvalue weighted by atomic mass is 9.88. The zero-order chi connectivity index (χ0) is 28.3. The molecule has 0 atom stereocenters. The quantitative estimate of drug-likeness (QED) is 0.225. The number of hydrogen-bond donors (Lipinski definition) is 0. The van der Waals surface area contributed by atoms with Crippen molar-refractivity contribution < 1.29 is 4.74 Å². The lowest BCUT2D eigenvalue weighted by Gasteiger charge is -2.20. The summed E-state index contributed by atoms with van der Waals surface area (Å²) in [5.41, 5.74) is 9.02. The maximum absolute atomic E-state index is 6.48. The van der Waals surface area contributed by atoms with Crippen molar-refractivity contribution in [2.24, 2.45) is 0 Å². The molecule has 0 aliphatic carbocycles. The summed E-state index contributed by atoms with van der Waals surface area (Å²) in [5.74, 6) is 2.44. The summed E-state index contributed by atoms with van der Waals surface area (Å²) >= 11 is 0. The summed E-state index contributed by atoms with van der Waals surface area (Å²) in [5, 5.41) is 2.36. The maximum atomic E-state index is 6.48. The van der Waals surface area contributed by atoms with E-state index in [0.717, 1.165) is 45.1 Å². The number of pyridine rings is 1. The Morgan fingerprint density at radius 3 is 2.29 bits per heavy atom. The summed E-state index contributed by atoms with van der Waals surface area (Å²) in [6.45, 7) is 10.9. The number of rotatable bonds is 4. The van der Waals surface area contributed by atoms with Crippen molar-refractivity contribution >= 4 is 32.8 Å². The highest BCUT2D eigenvalue weighted by Gasteiger charge is 2.18. The van der Waals surface area contributed by atoms with Crippen LogP contribution in [0.5, 0.6) is 11.5 Å². The topological polar surface area (TPSA) is 44.9 Å². The van der Waals surface area contributed by atoms with E-state index in [-0.39, 0.29) is 5.41 Å². The van der Waals surface area contributed by atoms with Gasteiger partial charge < -0.3 is 4.74 Å². The van der Waals surface area contributed by atoms with Crippen LogP contribution in [-0.2, 0) is 5.41 Å². The normalized spacial score (nSPS) is 12.0. The van der Waals surface area contributed by atoms with Gasteiger partial charge in [0.25, 0.3) is 0 Å². The average molecular weight is 537 g/mol. The van der Waals surface area contributed by atoms with Gasteiger partial charge in [-0.1, -0.05) is 45.0 Å². The lowest BCUT2D eigenvalue weighted by molar-refractivity contribution is 0.483. The highest BCUT2D eigenvalue weighted by Crippen LogP contribution is 2.36. The van der Waals surface area contributed by atoms with Gasteiger partial charge in [-0.15, -0.1) is 0 Å². The smallest absolute Gasteiger partial charge is 0.137 e. The second-order valence-electron chi connectivity index (χ2n) is 11.8. The lowest BCUT2D eigenvalue weighted by Crippen LogP contribution is -2.12.